The highest BCUT2D eigenvalue weighted by atomic mass is 19.2. The number of ketones is 1. The number of hydrogen-bond donors (Lipinski definition) is 0. The molecule has 0 aliphatic rings. The lowest BCUT2D eigenvalue weighted by molar-refractivity contribution is 0.101. The molecule has 0 saturated heterocycles. The number of carbonyl (C=O) groups is 1. The first-order valence-electron chi connectivity index (χ1n) is 5.78. The molecule has 0 saturated carbocycles. The molecule has 0 aliphatic heterocycles. The van der Waals surface area contributed by atoms with Crippen molar-refractivity contribution in [3.8, 4) is 16.9 Å². The summed E-state index contributed by atoms with van der Waals surface area (Å²) in [5.74, 6) is -4.00. The van der Waals surface area contributed by atoms with Crippen molar-refractivity contribution in [2.24, 2.45) is 0 Å². The fourth-order valence-electron chi connectivity index (χ4n) is 1.91. The first-order chi connectivity index (χ1) is 9.43. The van der Waals surface area contributed by atoms with Gasteiger partial charge in [-0.15, -0.1) is 0 Å². The zero-order valence-corrected chi connectivity index (χ0v) is 10.8. The molecule has 2 nitrogen and oxygen atoms in total. The van der Waals surface area contributed by atoms with Crippen molar-refractivity contribution in [3.63, 3.8) is 0 Å². The SMILES string of the molecule is COc1ccc(C(C)=O)c(-c2cc(F)c(F)c(F)c2)c1. The molecule has 20 heavy (non-hydrogen) atoms. The normalized spacial score (nSPS) is 10.4. The van der Waals surface area contributed by atoms with Gasteiger partial charge < -0.3 is 4.74 Å². The minimum atomic E-state index is -1.54. The van der Waals surface area contributed by atoms with Gasteiger partial charge in [0.1, 0.15) is 5.75 Å². The third-order valence-corrected chi connectivity index (χ3v) is 2.90. The van der Waals surface area contributed by atoms with Gasteiger partial charge in [0.2, 0.25) is 0 Å². The van der Waals surface area contributed by atoms with Crippen molar-refractivity contribution in [1.82, 2.24) is 0 Å². The topological polar surface area (TPSA) is 26.3 Å². The molecule has 0 fully saturated rings. The van der Waals surface area contributed by atoms with E-state index in [-0.39, 0.29) is 22.5 Å². The average molecular weight is 280 g/mol. The van der Waals surface area contributed by atoms with E-state index in [0.717, 1.165) is 12.1 Å². The van der Waals surface area contributed by atoms with Gasteiger partial charge >= 0.3 is 0 Å². The van der Waals surface area contributed by atoms with Crippen LogP contribution in [0.5, 0.6) is 5.75 Å². The van der Waals surface area contributed by atoms with Gasteiger partial charge in [0.15, 0.2) is 23.2 Å². The maximum atomic E-state index is 13.3. The molecule has 0 atom stereocenters. The molecular weight excluding hydrogens is 269 g/mol. The van der Waals surface area contributed by atoms with Crippen LogP contribution in [0.25, 0.3) is 11.1 Å². The van der Waals surface area contributed by atoms with E-state index >= 15 is 0 Å². The fraction of sp³-hybridized carbons (Fsp3) is 0.133. The van der Waals surface area contributed by atoms with Crippen LogP contribution in [0.2, 0.25) is 0 Å². The quantitative estimate of drug-likeness (QED) is 0.628. The number of methoxy groups -OCH3 is 1. The van der Waals surface area contributed by atoms with Crippen LogP contribution >= 0.6 is 0 Å². The van der Waals surface area contributed by atoms with Gasteiger partial charge in [0.05, 0.1) is 7.11 Å². The van der Waals surface area contributed by atoms with Crippen molar-refractivity contribution in [2.75, 3.05) is 7.11 Å². The van der Waals surface area contributed by atoms with Crippen molar-refractivity contribution >= 4 is 5.78 Å². The summed E-state index contributed by atoms with van der Waals surface area (Å²) >= 11 is 0. The minimum absolute atomic E-state index is 0.0745. The van der Waals surface area contributed by atoms with Crippen molar-refractivity contribution in [1.29, 1.82) is 0 Å². The number of benzene rings is 2. The molecule has 0 aromatic heterocycles. The van der Waals surface area contributed by atoms with E-state index in [0.29, 0.717) is 5.75 Å². The predicted octanol–water partition coefficient (Wildman–Crippen LogP) is 3.98. The Morgan fingerprint density at radius 1 is 1.05 bits per heavy atom. The molecular formula is C15H11F3O2. The Morgan fingerprint density at radius 2 is 1.65 bits per heavy atom. The highest BCUT2D eigenvalue weighted by molar-refractivity contribution is 6.01. The highest BCUT2D eigenvalue weighted by Crippen LogP contribution is 2.30. The molecule has 0 N–H and O–H groups in total. The molecule has 0 spiro atoms. The van der Waals surface area contributed by atoms with Crippen LogP contribution in [0.4, 0.5) is 13.2 Å². The van der Waals surface area contributed by atoms with Gasteiger partial charge in [0, 0.05) is 5.56 Å². The average Bonchev–Trinajstić information content (AvgIpc) is 2.43. The fourth-order valence-corrected chi connectivity index (χ4v) is 1.91. The summed E-state index contributed by atoms with van der Waals surface area (Å²) in [4.78, 5) is 11.6. The van der Waals surface area contributed by atoms with Gasteiger partial charge in [0.25, 0.3) is 0 Å². The molecule has 104 valence electrons. The zero-order chi connectivity index (χ0) is 14.9. The Labute approximate surface area is 113 Å². The maximum absolute atomic E-state index is 13.3. The van der Waals surface area contributed by atoms with Crippen LogP contribution in [-0.2, 0) is 0 Å². The summed E-state index contributed by atoms with van der Waals surface area (Å²) in [6, 6.07) is 6.23. The van der Waals surface area contributed by atoms with E-state index in [1.54, 1.807) is 6.07 Å². The smallest absolute Gasteiger partial charge is 0.194 e. The second-order valence-electron chi connectivity index (χ2n) is 4.22. The summed E-state index contributed by atoms with van der Waals surface area (Å²) < 4.78 is 44.6. The summed E-state index contributed by atoms with van der Waals surface area (Å²) in [7, 11) is 1.43. The Balaban J connectivity index is 2.70. The van der Waals surface area contributed by atoms with Crippen LogP contribution in [0.3, 0.4) is 0 Å². The van der Waals surface area contributed by atoms with Crippen molar-refractivity contribution in [3.05, 3.63) is 53.3 Å². The van der Waals surface area contributed by atoms with Crippen LogP contribution in [-0.4, -0.2) is 12.9 Å². The van der Waals surface area contributed by atoms with E-state index < -0.39 is 17.5 Å². The molecule has 0 heterocycles. The van der Waals surface area contributed by atoms with Crippen molar-refractivity contribution in [2.45, 2.75) is 6.92 Å². The second kappa shape index (κ2) is 5.36. The van der Waals surface area contributed by atoms with E-state index in [1.165, 1.54) is 26.2 Å². The maximum Gasteiger partial charge on any atom is 0.194 e. The number of hydrogen-bond acceptors (Lipinski definition) is 2. The molecule has 2 rings (SSSR count). The Kier molecular flexibility index (Phi) is 3.79. The molecule has 0 aliphatic carbocycles. The molecule has 2 aromatic carbocycles. The van der Waals surface area contributed by atoms with Gasteiger partial charge in [-0.25, -0.2) is 13.2 Å². The van der Waals surface area contributed by atoms with E-state index in [1.807, 2.05) is 0 Å². The lowest BCUT2D eigenvalue weighted by Crippen LogP contribution is -1.99. The molecule has 0 unspecified atom stereocenters. The lowest BCUT2D eigenvalue weighted by atomic mass is 9.97. The van der Waals surface area contributed by atoms with Gasteiger partial charge in [-0.3, -0.25) is 4.79 Å². The van der Waals surface area contributed by atoms with Gasteiger partial charge in [-0.1, -0.05) is 0 Å². The number of halogens is 3. The third kappa shape index (κ3) is 2.52. The molecule has 5 heteroatoms. The van der Waals surface area contributed by atoms with E-state index in [2.05, 4.69) is 0 Å². The van der Waals surface area contributed by atoms with E-state index in [9.17, 15) is 18.0 Å². The van der Waals surface area contributed by atoms with Gasteiger partial charge in [-0.2, -0.15) is 0 Å². The molecule has 2 aromatic rings. The highest BCUT2D eigenvalue weighted by Gasteiger charge is 2.16. The predicted molar refractivity (Wildman–Crippen MR) is 68.3 cm³/mol. The third-order valence-electron chi connectivity index (χ3n) is 2.90. The van der Waals surface area contributed by atoms with Crippen LogP contribution in [0, 0.1) is 17.5 Å². The summed E-state index contributed by atoms with van der Waals surface area (Å²) in [6.07, 6.45) is 0. The standard InChI is InChI=1S/C15H11F3O2/c1-8(19)11-4-3-10(20-2)7-12(11)9-5-13(16)15(18)14(17)6-9/h3-7H,1-2H3. The zero-order valence-electron chi connectivity index (χ0n) is 10.8. The van der Waals surface area contributed by atoms with Gasteiger partial charge in [-0.05, 0) is 48.4 Å². The van der Waals surface area contributed by atoms with Crippen LogP contribution in [0.15, 0.2) is 30.3 Å². The number of rotatable bonds is 3. The van der Waals surface area contributed by atoms with Crippen LogP contribution in [0.1, 0.15) is 17.3 Å². The molecule has 0 radical (unpaired) electrons. The number of Topliss-reactive ketones (excluding diaryl/α,β-unsaturated/α-hetero) is 1. The largest absolute Gasteiger partial charge is 0.497 e. The first kappa shape index (κ1) is 14.1. The number of carbonyl (C=O) groups excluding carboxylic acids is 1. The minimum Gasteiger partial charge on any atom is -0.497 e. The van der Waals surface area contributed by atoms with E-state index in [4.69, 9.17) is 4.74 Å². The second-order valence-corrected chi connectivity index (χ2v) is 4.22. The Bertz CT molecular complexity index is 658. The van der Waals surface area contributed by atoms with Crippen LogP contribution < -0.4 is 4.74 Å². The lowest BCUT2D eigenvalue weighted by Gasteiger charge is -2.10. The summed E-state index contributed by atoms with van der Waals surface area (Å²) in [5.41, 5.74) is 0.636. The van der Waals surface area contributed by atoms with Crippen molar-refractivity contribution < 1.29 is 22.7 Å². The molecule has 0 bridgehead atoms. The Hall–Kier alpha value is -2.30. The summed E-state index contributed by atoms with van der Waals surface area (Å²) in [6.45, 7) is 1.33. The monoisotopic (exact) mass is 280 g/mol. The number of ether oxygens (including phenoxy) is 1. The molecule has 0 amide bonds. The Morgan fingerprint density at radius 3 is 2.15 bits per heavy atom. The summed E-state index contributed by atoms with van der Waals surface area (Å²) in [5, 5.41) is 0. The first-order valence-corrected chi connectivity index (χ1v) is 5.78.